The Morgan fingerprint density at radius 1 is 1.20 bits per heavy atom. The van der Waals surface area contributed by atoms with Crippen LogP contribution in [0.15, 0.2) is 24.3 Å². The molecular weight excluding hydrogens is 408 g/mol. The van der Waals surface area contributed by atoms with Gasteiger partial charge in [0.1, 0.15) is 17.9 Å². The lowest BCUT2D eigenvalue weighted by Crippen LogP contribution is -2.57. The Hall–Kier alpha value is -1.81. The van der Waals surface area contributed by atoms with E-state index in [1.165, 1.54) is 11.8 Å². The van der Waals surface area contributed by atoms with E-state index in [4.69, 9.17) is 10.5 Å². The highest BCUT2D eigenvalue weighted by atomic mass is 32.2. The van der Waals surface area contributed by atoms with Crippen molar-refractivity contribution in [3.63, 3.8) is 0 Å². The van der Waals surface area contributed by atoms with Crippen LogP contribution < -0.4 is 15.8 Å². The molecule has 2 rings (SSSR count). The highest BCUT2D eigenvalue weighted by Crippen LogP contribution is 2.36. The highest BCUT2D eigenvalue weighted by molar-refractivity contribution is 7.99. The number of hydrogen-bond donors (Lipinski definition) is 5. The van der Waals surface area contributed by atoms with E-state index in [1.807, 2.05) is 38.1 Å². The van der Waals surface area contributed by atoms with Gasteiger partial charge in [0, 0.05) is 11.0 Å². The number of ether oxygens (including phenoxy) is 1. The van der Waals surface area contributed by atoms with Crippen molar-refractivity contribution in [2.75, 3.05) is 7.11 Å². The van der Waals surface area contributed by atoms with Crippen LogP contribution in [-0.4, -0.2) is 63.8 Å². The standard InChI is InChI=1S/C21H32N2O6S/c1-11(2)8-15(20(22)27)23-21(28)14-9-16(24)17(25)18(26)19(14)30-10-12-4-6-13(29-3)7-5-12/h4-7,11,14-19,24-26H,8-10H2,1-3H3,(H2,22,27)(H,23,28)/t14-,15-,16+,17-,18-,19-/m0/s1. The second-order valence-electron chi connectivity index (χ2n) is 8.11. The van der Waals surface area contributed by atoms with Crippen molar-refractivity contribution in [2.45, 2.75) is 62.0 Å². The largest absolute Gasteiger partial charge is 0.497 e. The summed E-state index contributed by atoms with van der Waals surface area (Å²) in [4.78, 5) is 24.7. The summed E-state index contributed by atoms with van der Waals surface area (Å²) < 4.78 is 5.14. The number of carbonyl (C=O) groups is 2. The Morgan fingerprint density at radius 2 is 1.83 bits per heavy atom. The first-order valence-corrected chi connectivity index (χ1v) is 11.1. The maximum atomic E-state index is 12.9. The zero-order valence-corrected chi connectivity index (χ0v) is 18.3. The summed E-state index contributed by atoms with van der Waals surface area (Å²) >= 11 is 1.32. The van der Waals surface area contributed by atoms with Crippen LogP contribution in [0, 0.1) is 11.8 Å². The number of aliphatic hydroxyl groups is 3. The van der Waals surface area contributed by atoms with Crippen molar-refractivity contribution < 1.29 is 29.6 Å². The van der Waals surface area contributed by atoms with E-state index in [-0.39, 0.29) is 12.3 Å². The molecule has 0 saturated heterocycles. The van der Waals surface area contributed by atoms with Crippen LogP contribution in [0.25, 0.3) is 0 Å². The SMILES string of the molecule is COc1ccc(CS[C@@H]2[C@@H](O)[C@@H](O)[C@H](O)C[C@@H]2C(=O)N[C@@H](CC(C)C)C(N)=O)cc1. The van der Waals surface area contributed by atoms with Crippen molar-refractivity contribution in [1.29, 1.82) is 0 Å². The fraction of sp³-hybridized carbons (Fsp3) is 0.619. The number of primary amides is 1. The highest BCUT2D eigenvalue weighted by Gasteiger charge is 2.46. The monoisotopic (exact) mass is 440 g/mol. The van der Waals surface area contributed by atoms with Gasteiger partial charge in [0.05, 0.1) is 25.2 Å². The predicted molar refractivity (Wildman–Crippen MR) is 115 cm³/mol. The molecule has 1 aliphatic carbocycles. The van der Waals surface area contributed by atoms with Gasteiger partial charge in [-0.25, -0.2) is 0 Å². The molecule has 0 unspecified atom stereocenters. The van der Waals surface area contributed by atoms with Crippen LogP contribution >= 0.6 is 11.8 Å². The lowest BCUT2D eigenvalue weighted by molar-refractivity contribution is -0.139. The first kappa shape index (κ1) is 24.5. The normalized spacial score (nSPS) is 27.5. The molecule has 168 valence electrons. The molecule has 0 aromatic heterocycles. The predicted octanol–water partition coefficient (Wildman–Crippen LogP) is 0.416. The number of amides is 2. The smallest absolute Gasteiger partial charge is 0.240 e. The average molecular weight is 441 g/mol. The fourth-order valence-corrected chi connectivity index (χ4v) is 4.98. The van der Waals surface area contributed by atoms with Gasteiger partial charge in [-0.05, 0) is 36.5 Å². The second-order valence-corrected chi connectivity index (χ2v) is 9.27. The molecule has 0 spiro atoms. The third-order valence-corrected chi connectivity index (χ3v) is 6.77. The zero-order valence-electron chi connectivity index (χ0n) is 17.5. The Bertz CT molecular complexity index is 714. The Morgan fingerprint density at radius 3 is 2.37 bits per heavy atom. The number of benzene rings is 1. The van der Waals surface area contributed by atoms with Gasteiger partial charge < -0.3 is 31.1 Å². The summed E-state index contributed by atoms with van der Waals surface area (Å²) in [5.41, 5.74) is 6.39. The van der Waals surface area contributed by atoms with Crippen molar-refractivity contribution in [3.05, 3.63) is 29.8 Å². The quantitative estimate of drug-likeness (QED) is 0.374. The van der Waals surface area contributed by atoms with E-state index in [9.17, 15) is 24.9 Å². The molecule has 0 bridgehead atoms. The fourth-order valence-electron chi connectivity index (χ4n) is 3.58. The lowest BCUT2D eigenvalue weighted by atomic mass is 9.82. The van der Waals surface area contributed by atoms with E-state index in [0.29, 0.717) is 12.2 Å². The molecule has 2 amide bonds. The zero-order chi connectivity index (χ0) is 22.4. The van der Waals surface area contributed by atoms with Gasteiger partial charge in [0.2, 0.25) is 11.8 Å². The molecule has 6 atom stereocenters. The second kappa shape index (κ2) is 11.0. The van der Waals surface area contributed by atoms with Crippen molar-refractivity contribution in [1.82, 2.24) is 5.32 Å². The number of carbonyl (C=O) groups excluding carboxylic acids is 2. The van der Waals surface area contributed by atoms with Crippen LogP contribution in [0.4, 0.5) is 0 Å². The summed E-state index contributed by atoms with van der Waals surface area (Å²) in [5.74, 6) is -0.514. The summed E-state index contributed by atoms with van der Waals surface area (Å²) in [6.45, 7) is 3.83. The van der Waals surface area contributed by atoms with Gasteiger partial charge in [-0.1, -0.05) is 26.0 Å². The maximum absolute atomic E-state index is 12.9. The molecule has 8 nitrogen and oxygen atoms in total. The molecule has 30 heavy (non-hydrogen) atoms. The van der Waals surface area contributed by atoms with Crippen LogP contribution in [0.2, 0.25) is 0 Å². The molecule has 0 radical (unpaired) electrons. The van der Waals surface area contributed by atoms with E-state index >= 15 is 0 Å². The van der Waals surface area contributed by atoms with Gasteiger partial charge in [-0.15, -0.1) is 0 Å². The average Bonchev–Trinajstić information content (AvgIpc) is 2.70. The maximum Gasteiger partial charge on any atom is 0.240 e. The van der Waals surface area contributed by atoms with Crippen molar-refractivity contribution >= 4 is 23.6 Å². The Labute approximate surface area is 181 Å². The first-order valence-electron chi connectivity index (χ1n) is 10.0. The first-order chi connectivity index (χ1) is 14.1. The Kier molecular flexibility index (Phi) is 8.96. The van der Waals surface area contributed by atoms with Gasteiger partial charge in [0.15, 0.2) is 0 Å². The third kappa shape index (κ3) is 6.34. The molecule has 1 aliphatic rings. The van der Waals surface area contributed by atoms with Gasteiger partial charge in [-0.2, -0.15) is 11.8 Å². The van der Waals surface area contributed by atoms with Crippen LogP contribution in [0.5, 0.6) is 5.75 Å². The molecule has 1 aromatic carbocycles. The summed E-state index contributed by atoms with van der Waals surface area (Å²) in [6, 6.07) is 6.57. The summed E-state index contributed by atoms with van der Waals surface area (Å²) in [7, 11) is 1.58. The summed E-state index contributed by atoms with van der Waals surface area (Å²) in [6.07, 6.45) is -3.48. The number of hydrogen-bond acceptors (Lipinski definition) is 7. The molecule has 1 saturated carbocycles. The number of rotatable bonds is 9. The minimum Gasteiger partial charge on any atom is -0.497 e. The lowest BCUT2D eigenvalue weighted by Gasteiger charge is -2.40. The third-order valence-electron chi connectivity index (χ3n) is 5.28. The van der Waals surface area contributed by atoms with E-state index in [0.717, 1.165) is 11.3 Å². The van der Waals surface area contributed by atoms with Crippen LogP contribution in [0.1, 0.15) is 32.3 Å². The molecule has 0 aliphatic heterocycles. The number of methoxy groups -OCH3 is 1. The molecular formula is C21H32N2O6S. The van der Waals surface area contributed by atoms with Crippen LogP contribution in [-0.2, 0) is 15.3 Å². The molecule has 9 heteroatoms. The molecule has 1 aromatic rings. The van der Waals surface area contributed by atoms with Crippen molar-refractivity contribution in [3.8, 4) is 5.75 Å². The molecule has 0 heterocycles. The van der Waals surface area contributed by atoms with Crippen molar-refractivity contribution in [2.24, 2.45) is 17.6 Å². The van der Waals surface area contributed by atoms with Gasteiger partial charge >= 0.3 is 0 Å². The van der Waals surface area contributed by atoms with Gasteiger partial charge in [0.25, 0.3) is 0 Å². The van der Waals surface area contributed by atoms with E-state index in [2.05, 4.69) is 5.32 Å². The topological polar surface area (TPSA) is 142 Å². The Balaban J connectivity index is 2.13. The number of nitrogens with one attached hydrogen (secondary N) is 1. The number of aliphatic hydroxyl groups excluding tert-OH is 3. The summed E-state index contributed by atoms with van der Waals surface area (Å²) in [5, 5.41) is 32.8. The van der Waals surface area contributed by atoms with E-state index < -0.39 is 47.3 Å². The number of thioether (sulfide) groups is 1. The number of nitrogens with two attached hydrogens (primary N) is 1. The minimum absolute atomic E-state index is 0.0164. The van der Waals surface area contributed by atoms with Gasteiger partial charge in [-0.3, -0.25) is 9.59 Å². The molecule has 1 fully saturated rings. The minimum atomic E-state index is -1.34. The van der Waals surface area contributed by atoms with Crippen LogP contribution in [0.3, 0.4) is 0 Å². The van der Waals surface area contributed by atoms with E-state index in [1.54, 1.807) is 7.11 Å². The molecule has 6 N–H and O–H groups in total.